The van der Waals surface area contributed by atoms with Gasteiger partial charge in [0.05, 0.1) is 6.33 Å². The first-order valence-electron chi connectivity index (χ1n) is 6.03. The molecule has 0 aliphatic heterocycles. The van der Waals surface area contributed by atoms with Gasteiger partial charge in [-0.2, -0.15) is 0 Å². The quantitative estimate of drug-likeness (QED) is 0.514. The molecule has 0 saturated carbocycles. The lowest BCUT2D eigenvalue weighted by Gasteiger charge is -2.16. The number of imidazole rings is 1. The van der Waals surface area contributed by atoms with E-state index in [0.717, 1.165) is 11.9 Å². The number of aromatic nitrogens is 2. The minimum Gasteiger partial charge on any atom is -0.337 e. The molecule has 0 fully saturated rings. The van der Waals surface area contributed by atoms with Crippen LogP contribution in [0.15, 0.2) is 18.7 Å². The number of rotatable bonds is 9. The van der Waals surface area contributed by atoms with Crippen LogP contribution in [-0.4, -0.2) is 39.9 Å². The molecule has 0 aliphatic carbocycles. The molecule has 0 unspecified atom stereocenters. The van der Waals surface area contributed by atoms with Crippen molar-refractivity contribution in [2.45, 2.75) is 32.2 Å². The Hall–Kier alpha value is -0.350. The first-order chi connectivity index (χ1) is 7.83. The molecular formula is C12H22BrN3. The summed E-state index contributed by atoms with van der Waals surface area (Å²) in [5.41, 5.74) is 0. The molecule has 0 aliphatic rings. The summed E-state index contributed by atoms with van der Waals surface area (Å²) in [4.78, 5) is 6.46. The molecule has 0 saturated heterocycles. The highest BCUT2D eigenvalue weighted by Crippen LogP contribution is 2.01. The number of nitrogens with zero attached hydrogens (tertiary/aromatic N) is 3. The van der Waals surface area contributed by atoms with E-state index in [2.05, 4.69) is 37.4 Å². The van der Waals surface area contributed by atoms with E-state index < -0.39 is 0 Å². The summed E-state index contributed by atoms with van der Waals surface area (Å²) in [5, 5.41) is 1.14. The largest absolute Gasteiger partial charge is 0.337 e. The Balaban J connectivity index is 1.95. The lowest BCUT2D eigenvalue weighted by Crippen LogP contribution is -2.21. The maximum absolute atomic E-state index is 4.03. The predicted octanol–water partition coefficient (Wildman–Crippen LogP) is 2.77. The lowest BCUT2D eigenvalue weighted by atomic mass is 10.2. The molecule has 0 spiro atoms. The highest BCUT2D eigenvalue weighted by Gasteiger charge is 1.98. The highest BCUT2D eigenvalue weighted by molar-refractivity contribution is 9.09. The molecule has 0 radical (unpaired) electrons. The molecule has 1 heterocycles. The molecule has 1 aromatic heterocycles. The van der Waals surface area contributed by atoms with Crippen LogP contribution in [-0.2, 0) is 6.54 Å². The summed E-state index contributed by atoms with van der Waals surface area (Å²) in [7, 11) is 2.21. The molecule has 4 heteroatoms. The molecule has 16 heavy (non-hydrogen) atoms. The smallest absolute Gasteiger partial charge is 0.0945 e. The molecule has 0 aromatic carbocycles. The van der Waals surface area contributed by atoms with Gasteiger partial charge in [-0.25, -0.2) is 4.98 Å². The van der Waals surface area contributed by atoms with Crippen LogP contribution in [0.2, 0.25) is 0 Å². The topological polar surface area (TPSA) is 21.1 Å². The van der Waals surface area contributed by atoms with Crippen molar-refractivity contribution in [3.63, 3.8) is 0 Å². The zero-order chi connectivity index (χ0) is 11.6. The second kappa shape index (κ2) is 8.76. The van der Waals surface area contributed by atoms with Gasteiger partial charge in [-0.05, 0) is 39.4 Å². The Bertz CT molecular complexity index is 249. The van der Waals surface area contributed by atoms with Crippen LogP contribution in [0, 0.1) is 0 Å². The van der Waals surface area contributed by atoms with E-state index in [1.165, 1.54) is 38.8 Å². The second-order valence-corrected chi connectivity index (χ2v) is 5.00. The summed E-state index contributed by atoms with van der Waals surface area (Å²) in [6.45, 7) is 3.47. The third kappa shape index (κ3) is 6.28. The zero-order valence-corrected chi connectivity index (χ0v) is 11.7. The number of hydrogen-bond donors (Lipinski definition) is 0. The van der Waals surface area contributed by atoms with E-state index in [0.29, 0.717) is 0 Å². The Morgan fingerprint density at radius 3 is 2.69 bits per heavy atom. The van der Waals surface area contributed by atoms with Crippen LogP contribution in [0.1, 0.15) is 25.7 Å². The van der Waals surface area contributed by atoms with Crippen LogP contribution >= 0.6 is 15.9 Å². The van der Waals surface area contributed by atoms with Gasteiger partial charge in [0.1, 0.15) is 0 Å². The Labute approximate surface area is 107 Å². The first kappa shape index (κ1) is 13.7. The van der Waals surface area contributed by atoms with E-state index in [1.54, 1.807) is 0 Å². The number of alkyl halides is 1. The fraction of sp³-hybridized carbons (Fsp3) is 0.750. The summed E-state index contributed by atoms with van der Waals surface area (Å²) >= 11 is 3.46. The van der Waals surface area contributed by atoms with E-state index in [4.69, 9.17) is 0 Å². The molecule has 0 bridgehead atoms. The summed E-state index contributed by atoms with van der Waals surface area (Å²) in [6, 6.07) is 0. The maximum Gasteiger partial charge on any atom is 0.0945 e. The summed E-state index contributed by atoms with van der Waals surface area (Å²) in [6.07, 6.45) is 10.9. The van der Waals surface area contributed by atoms with Gasteiger partial charge in [0, 0.05) is 24.3 Å². The van der Waals surface area contributed by atoms with Crippen LogP contribution in [0.3, 0.4) is 0 Å². The zero-order valence-electron chi connectivity index (χ0n) is 10.1. The molecule has 0 N–H and O–H groups in total. The van der Waals surface area contributed by atoms with Gasteiger partial charge in [0.2, 0.25) is 0 Å². The number of aryl methyl sites for hydroxylation is 1. The molecule has 0 amide bonds. The molecule has 1 aromatic rings. The number of unbranched alkanes of at least 4 members (excludes halogenated alkanes) is 2. The molecule has 92 valence electrons. The average Bonchev–Trinajstić information content (AvgIpc) is 2.77. The van der Waals surface area contributed by atoms with Crippen LogP contribution < -0.4 is 0 Å². The van der Waals surface area contributed by atoms with Crippen LogP contribution in [0.5, 0.6) is 0 Å². The Kier molecular flexibility index (Phi) is 7.51. The lowest BCUT2D eigenvalue weighted by molar-refractivity contribution is 0.314. The molecule has 3 nitrogen and oxygen atoms in total. The standard InChI is InChI=1S/C12H22BrN3/c1-15(8-4-2-3-6-13)9-5-10-16-11-7-14-12-16/h7,11-12H,2-6,8-10H2,1H3. The minimum absolute atomic E-state index is 1.08. The Morgan fingerprint density at radius 1 is 1.19 bits per heavy atom. The van der Waals surface area contributed by atoms with Crippen LogP contribution in [0.25, 0.3) is 0 Å². The third-order valence-electron chi connectivity index (χ3n) is 2.69. The SMILES string of the molecule is CN(CCCCCBr)CCCn1ccnc1. The summed E-state index contributed by atoms with van der Waals surface area (Å²) in [5.74, 6) is 0. The van der Waals surface area contributed by atoms with Gasteiger partial charge in [-0.3, -0.25) is 0 Å². The van der Waals surface area contributed by atoms with Crippen molar-refractivity contribution in [2.24, 2.45) is 0 Å². The van der Waals surface area contributed by atoms with Crippen molar-refractivity contribution in [3.05, 3.63) is 18.7 Å². The predicted molar refractivity (Wildman–Crippen MR) is 72.0 cm³/mol. The van der Waals surface area contributed by atoms with Crippen molar-refractivity contribution < 1.29 is 0 Å². The van der Waals surface area contributed by atoms with Gasteiger partial charge in [-0.15, -0.1) is 0 Å². The van der Waals surface area contributed by atoms with E-state index >= 15 is 0 Å². The average molecular weight is 288 g/mol. The monoisotopic (exact) mass is 287 g/mol. The molecule has 0 atom stereocenters. The van der Waals surface area contributed by atoms with Crippen LogP contribution in [0.4, 0.5) is 0 Å². The van der Waals surface area contributed by atoms with E-state index in [1.807, 2.05) is 18.7 Å². The fourth-order valence-corrected chi connectivity index (χ4v) is 2.10. The van der Waals surface area contributed by atoms with Gasteiger partial charge >= 0.3 is 0 Å². The van der Waals surface area contributed by atoms with E-state index in [-0.39, 0.29) is 0 Å². The minimum atomic E-state index is 1.08. The van der Waals surface area contributed by atoms with Crippen molar-refractivity contribution in [1.29, 1.82) is 0 Å². The summed E-state index contributed by atoms with van der Waals surface area (Å²) < 4.78 is 2.14. The maximum atomic E-state index is 4.03. The fourth-order valence-electron chi connectivity index (χ4n) is 1.71. The first-order valence-corrected chi connectivity index (χ1v) is 7.15. The third-order valence-corrected chi connectivity index (χ3v) is 3.25. The van der Waals surface area contributed by atoms with Crippen molar-refractivity contribution >= 4 is 15.9 Å². The Morgan fingerprint density at radius 2 is 2.00 bits per heavy atom. The molecule has 1 rings (SSSR count). The normalized spacial score (nSPS) is 11.2. The van der Waals surface area contributed by atoms with Crippen molar-refractivity contribution in [3.8, 4) is 0 Å². The van der Waals surface area contributed by atoms with E-state index in [9.17, 15) is 0 Å². The molecular weight excluding hydrogens is 266 g/mol. The van der Waals surface area contributed by atoms with Gasteiger partial charge in [-0.1, -0.05) is 22.4 Å². The number of hydrogen-bond acceptors (Lipinski definition) is 2. The van der Waals surface area contributed by atoms with Gasteiger partial charge < -0.3 is 9.47 Å². The van der Waals surface area contributed by atoms with Gasteiger partial charge in [0.15, 0.2) is 0 Å². The second-order valence-electron chi connectivity index (χ2n) is 4.21. The van der Waals surface area contributed by atoms with Crippen molar-refractivity contribution in [2.75, 3.05) is 25.5 Å². The van der Waals surface area contributed by atoms with Gasteiger partial charge in [0.25, 0.3) is 0 Å². The highest BCUT2D eigenvalue weighted by atomic mass is 79.9. The number of halogens is 1. The van der Waals surface area contributed by atoms with Crippen molar-refractivity contribution in [1.82, 2.24) is 14.5 Å².